The van der Waals surface area contributed by atoms with Crippen LogP contribution in [0.25, 0.3) is 15.9 Å². The lowest BCUT2D eigenvalue weighted by Crippen LogP contribution is -2.34. The molecule has 3 aromatic rings. The predicted octanol–water partition coefficient (Wildman–Crippen LogP) is 4.91. The maximum absolute atomic E-state index is 13.1. The van der Waals surface area contributed by atoms with Crippen molar-refractivity contribution in [1.29, 1.82) is 0 Å². The Balaban J connectivity index is 1.71. The van der Waals surface area contributed by atoms with Crippen molar-refractivity contribution in [2.45, 2.75) is 45.3 Å². The maximum Gasteiger partial charge on any atom is 0.305 e. The summed E-state index contributed by atoms with van der Waals surface area (Å²) in [5, 5.41) is 13.1. The fourth-order valence-corrected chi connectivity index (χ4v) is 4.09. The summed E-state index contributed by atoms with van der Waals surface area (Å²) in [6.07, 6.45) is 3.48. The number of ether oxygens (including phenoxy) is 1. The molecule has 178 valence electrons. The smallest absolute Gasteiger partial charge is 0.305 e. The Morgan fingerprint density at radius 1 is 1.32 bits per heavy atom. The van der Waals surface area contributed by atoms with Crippen LogP contribution in [0.3, 0.4) is 0 Å². The third kappa shape index (κ3) is 6.34. The zero-order valence-corrected chi connectivity index (χ0v) is 19.9. The van der Waals surface area contributed by atoms with Crippen LogP contribution in [-0.4, -0.2) is 39.2 Å². The van der Waals surface area contributed by atoms with E-state index in [0.29, 0.717) is 46.9 Å². The lowest BCUT2D eigenvalue weighted by Gasteiger charge is -2.13. The first kappa shape index (κ1) is 25.2. The largest absolute Gasteiger partial charge is 0.481 e. The van der Waals surface area contributed by atoms with Crippen molar-refractivity contribution in [3.63, 3.8) is 0 Å². The van der Waals surface area contributed by atoms with Crippen molar-refractivity contribution >= 4 is 40.2 Å². The molecule has 0 aliphatic heterocycles. The van der Waals surface area contributed by atoms with Gasteiger partial charge in [-0.2, -0.15) is 0 Å². The fraction of sp³-hybridized carbons (Fsp3) is 0.360. The van der Waals surface area contributed by atoms with Gasteiger partial charge >= 0.3 is 5.97 Å². The number of rotatable bonds is 11. The summed E-state index contributed by atoms with van der Waals surface area (Å²) >= 11 is 6.00. The number of pyridine rings is 1. The standard InChI is InChI=1S/C25H27ClN4O4/c1-16(11-22(31)32)29-25(33)23-20-13-19(27-2)14-28-24(20)30(3)21(23)9-4-5-10-34-15-17-7-6-8-18(26)12-17/h6-8,12-14,16H,4-5,9-11,15H2,1,3H3,(H,29,33)(H,31,32)/t16-/m1/s1. The molecular formula is C25H27ClN4O4. The van der Waals surface area contributed by atoms with Crippen molar-refractivity contribution in [1.82, 2.24) is 14.9 Å². The average molecular weight is 483 g/mol. The van der Waals surface area contributed by atoms with E-state index in [9.17, 15) is 9.59 Å². The van der Waals surface area contributed by atoms with Gasteiger partial charge in [0.2, 0.25) is 5.69 Å². The van der Waals surface area contributed by atoms with Crippen LogP contribution in [0, 0.1) is 6.57 Å². The minimum absolute atomic E-state index is 0.179. The van der Waals surface area contributed by atoms with Gasteiger partial charge in [-0.25, -0.2) is 9.83 Å². The van der Waals surface area contributed by atoms with Crippen molar-refractivity contribution in [3.05, 3.63) is 69.8 Å². The maximum atomic E-state index is 13.1. The van der Waals surface area contributed by atoms with Gasteiger partial charge in [-0.15, -0.1) is 0 Å². The monoisotopic (exact) mass is 482 g/mol. The molecule has 9 heteroatoms. The number of unbranched alkanes of at least 4 members (excludes halogenated alkanes) is 1. The first-order valence-electron chi connectivity index (χ1n) is 11.0. The number of carbonyl (C=O) groups is 2. The SMILES string of the molecule is [C-]#[N+]c1cnc2c(c1)c(C(=O)N[C@H](C)CC(=O)O)c(CCCCOCc1cccc(Cl)c1)n2C. The fourth-order valence-electron chi connectivity index (χ4n) is 3.88. The van der Waals surface area contributed by atoms with Crippen LogP contribution in [-0.2, 0) is 29.6 Å². The molecule has 2 N–H and O–H groups in total. The van der Waals surface area contributed by atoms with E-state index in [1.54, 1.807) is 13.0 Å². The summed E-state index contributed by atoms with van der Waals surface area (Å²) in [7, 11) is 1.84. The molecule has 2 heterocycles. The van der Waals surface area contributed by atoms with E-state index < -0.39 is 12.0 Å². The minimum Gasteiger partial charge on any atom is -0.481 e. The molecule has 1 aromatic carbocycles. The lowest BCUT2D eigenvalue weighted by molar-refractivity contribution is -0.137. The number of carboxylic acid groups (broad SMARTS) is 1. The van der Waals surface area contributed by atoms with Crippen molar-refractivity contribution in [2.75, 3.05) is 6.61 Å². The van der Waals surface area contributed by atoms with Crippen molar-refractivity contribution < 1.29 is 19.4 Å². The van der Waals surface area contributed by atoms with E-state index in [4.69, 9.17) is 28.0 Å². The summed E-state index contributed by atoms with van der Waals surface area (Å²) < 4.78 is 7.62. The van der Waals surface area contributed by atoms with Crippen molar-refractivity contribution in [3.8, 4) is 0 Å². The molecule has 0 saturated carbocycles. The van der Waals surface area contributed by atoms with Gasteiger partial charge in [-0.1, -0.05) is 23.7 Å². The lowest BCUT2D eigenvalue weighted by atomic mass is 10.1. The van der Waals surface area contributed by atoms with Crippen LogP contribution in [0.5, 0.6) is 0 Å². The first-order chi connectivity index (χ1) is 16.3. The van der Waals surface area contributed by atoms with E-state index in [-0.39, 0.29) is 12.3 Å². The molecular weight excluding hydrogens is 456 g/mol. The summed E-state index contributed by atoms with van der Waals surface area (Å²) in [6, 6.07) is 8.66. The Morgan fingerprint density at radius 3 is 2.82 bits per heavy atom. The molecule has 1 amide bonds. The second-order valence-corrected chi connectivity index (χ2v) is 8.61. The van der Waals surface area contributed by atoms with Gasteiger partial charge in [-0.05, 0) is 49.9 Å². The Kier molecular flexibility index (Phi) is 8.63. The molecule has 3 rings (SSSR count). The van der Waals surface area contributed by atoms with Crippen LogP contribution in [0.1, 0.15) is 47.8 Å². The molecule has 34 heavy (non-hydrogen) atoms. The zero-order chi connectivity index (χ0) is 24.7. The molecule has 0 unspecified atom stereocenters. The third-order valence-electron chi connectivity index (χ3n) is 5.46. The normalized spacial score (nSPS) is 11.8. The predicted molar refractivity (Wildman–Crippen MR) is 130 cm³/mol. The number of nitrogens with zero attached hydrogens (tertiary/aromatic N) is 3. The van der Waals surface area contributed by atoms with Gasteiger partial charge in [0, 0.05) is 42.0 Å². The van der Waals surface area contributed by atoms with Crippen molar-refractivity contribution in [2.24, 2.45) is 7.05 Å². The summed E-state index contributed by atoms with van der Waals surface area (Å²) in [4.78, 5) is 32.0. The highest BCUT2D eigenvalue weighted by atomic mass is 35.5. The van der Waals surface area contributed by atoms with Gasteiger partial charge in [0.15, 0.2) is 0 Å². The molecule has 0 radical (unpaired) electrons. The van der Waals surface area contributed by atoms with Gasteiger partial charge in [-0.3, -0.25) is 9.59 Å². The molecule has 0 fully saturated rings. The molecule has 0 aliphatic rings. The molecule has 0 saturated heterocycles. The highest BCUT2D eigenvalue weighted by molar-refractivity contribution is 6.30. The molecule has 2 aromatic heterocycles. The quantitative estimate of drug-likeness (QED) is 0.299. The average Bonchev–Trinajstić information content (AvgIpc) is 3.06. The number of aliphatic carboxylic acids is 1. The van der Waals surface area contributed by atoms with E-state index in [2.05, 4.69) is 15.1 Å². The van der Waals surface area contributed by atoms with E-state index >= 15 is 0 Å². The van der Waals surface area contributed by atoms with E-state index in [1.165, 1.54) is 6.20 Å². The zero-order valence-electron chi connectivity index (χ0n) is 19.2. The highest BCUT2D eigenvalue weighted by Gasteiger charge is 2.23. The van der Waals surface area contributed by atoms with Gasteiger partial charge < -0.3 is 19.7 Å². The number of amides is 1. The van der Waals surface area contributed by atoms with Gasteiger partial charge in [0.1, 0.15) is 5.65 Å². The Morgan fingerprint density at radius 2 is 2.12 bits per heavy atom. The van der Waals surface area contributed by atoms with Crippen LogP contribution in [0.2, 0.25) is 5.02 Å². The highest BCUT2D eigenvalue weighted by Crippen LogP contribution is 2.29. The second-order valence-electron chi connectivity index (χ2n) is 8.17. The van der Waals surface area contributed by atoms with Crippen LogP contribution >= 0.6 is 11.6 Å². The summed E-state index contributed by atoms with van der Waals surface area (Å²) in [5.74, 6) is -1.35. The summed E-state index contributed by atoms with van der Waals surface area (Å²) in [6.45, 7) is 9.98. The molecule has 0 aliphatic carbocycles. The van der Waals surface area contributed by atoms with Crippen LogP contribution in [0.4, 0.5) is 5.69 Å². The molecule has 1 atom stereocenters. The first-order valence-corrected chi connectivity index (χ1v) is 11.4. The second kappa shape index (κ2) is 11.6. The number of carboxylic acids is 1. The van der Waals surface area contributed by atoms with Crippen LogP contribution < -0.4 is 5.32 Å². The van der Waals surface area contributed by atoms with Crippen LogP contribution in [0.15, 0.2) is 36.5 Å². The molecule has 8 nitrogen and oxygen atoms in total. The number of halogens is 1. The van der Waals surface area contributed by atoms with Gasteiger partial charge in [0.05, 0.1) is 25.2 Å². The number of nitrogens with one attached hydrogen (secondary N) is 1. The Bertz CT molecular complexity index is 1230. The molecule has 0 spiro atoms. The number of aryl methyl sites for hydroxylation is 1. The number of hydrogen-bond acceptors (Lipinski definition) is 4. The topological polar surface area (TPSA) is 97.8 Å². The number of aromatic nitrogens is 2. The third-order valence-corrected chi connectivity index (χ3v) is 5.69. The Labute approximate surface area is 203 Å². The molecule has 0 bridgehead atoms. The van der Waals surface area contributed by atoms with Gasteiger partial charge in [0.25, 0.3) is 5.91 Å². The minimum atomic E-state index is -0.985. The summed E-state index contributed by atoms with van der Waals surface area (Å²) in [5.41, 5.74) is 3.19. The van der Waals surface area contributed by atoms with E-state index in [1.807, 2.05) is 35.9 Å². The van der Waals surface area contributed by atoms with E-state index in [0.717, 1.165) is 24.1 Å². The number of benzene rings is 1. The number of fused-ring (bicyclic) bond motifs is 1. The number of hydrogen-bond donors (Lipinski definition) is 2. The number of carbonyl (C=O) groups excluding carboxylic acids is 1. The Hall–Kier alpha value is -3.41.